The molecule has 0 aromatic carbocycles. The topological polar surface area (TPSA) is 12.0 Å². The maximum Gasteiger partial charge on any atom is 0.0227 e. The zero-order chi connectivity index (χ0) is 9.73. The van der Waals surface area contributed by atoms with Crippen LogP contribution in [0.25, 0.3) is 0 Å². The van der Waals surface area contributed by atoms with Gasteiger partial charge in [-0.05, 0) is 31.3 Å². The molecule has 0 atom stereocenters. The summed E-state index contributed by atoms with van der Waals surface area (Å²) in [6.07, 6.45) is 3.49. The molecule has 1 rings (SSSR count). The first kappa shape index (κ1) is 10.6. The second kappa shape index (κ2) is 4.67. The Hall–Kier alpha value is -0.480. The molecule has 0 unspecified atom stereocenters. The molecule has 1 fully saturated rings. The summed E-state index contributed by atoms with van der Waals surface area (Å²) in [6, 6.07) is 0. The lowest BCUT2D eigenvalue weighted by Gasteiger charge is -2.18. The molecule has 1 N–H and O–H groups in total. The zero-order valence-corrected chi connectivity index (χ0v) is 9.11. The van der Waals surface area contributed by atoms with Gasteiger partial charge in [0.25, 0.3) is 0 Å². The van der Waals surface area contributed by atoms with Gasteiger partial charge in [-0.1, -0.05) is 26.7 Å². The van der Waals surface area contributed by atoms with Gasteiger partial charge in [0.2, 0.25) is 0 Å². The second-order valence-corrected chi connectivity index (χ2v) is 5.08. The van der Waals surface area contributed by atoms with Crippen molar-refractivity contribution in [2.75, 3.05) is 13.1 Å². The standard InChI is InChI=1S/C12H21N/c1-12(2,3)8-4-5-11-6-9-13-10-7-11/h11,13H,6-10H2,1-3H3. The van der Waals surface area contributed by atoms with Gasteiger partial charge in [-0.15, -0.1) is 5.92 Å². The van der Waals surface area contributed by atoms with Gasteiger partial charge in [-0.2, -0.15) is 0 Å². The van der Waals surface area contributed by atoms with Crippen LogP contribution in [0.1, 0.15) is 40.0 Å². The van der Waals surface area contributed by atoms with Crippen LogP contribution in [0.4, 0.5) is 0 Å². The van der Waals surface area contributed by atoms with E-state index in [1.807, 2.05) is 0 Å². The number of nitrogens with one attached hydrogen (secondary N) is 1. The predicted molar refractivity (Wildman–Crippen MR) is 57.4 cm³/mol. The minimum absolute atomic E-state index is 0.361. The molecule has 0 aromatic heterocycles. The smallest absolute Gasteiger partial charge is 0.0227 e. The van der Waals surface area contributed by atoms with Crippen molar-refractivity contribution in [2.24, 2.45) is 11.3 Å². The van der Waals surface area contributed by atoms with E-state index in [1.165, 1.54) is 12.8 Å². The molecule has 1 saturated heterocycles. The van der Waals surface area contributed by atoms with Gasteiger partial charge in [0.1, 0.15) is 0 Å². The van der Waals surface area contributed by atoms with E-state index in [9.17, 15) is 0 Å². The Balaban J connectivity index is 2.29. The van der Waals surface area contributed by atoms with Crippen LogP contribution >= 0.6 is 0 Å². The van der Waals surface area contributed by atoms with E-state index < -0.39 is 0 Å². The van der Waals surface area contributed by atoms with Crippen LogP contribution in [0.3, 0.4) is 0 Å². The molecule has 74 valence electrons. The number of piperidine rings is 1. The number of hydrogen-bond acceptors (Lipinski definition) is 1. The minimum Gasteiger partial charge on any atom is -0.317 e. The molecule has 0 aromatic rings. The van der Waals surface area contributed by atoms with Gasteiger partial charge in [-0.3, -0.25) is 0 Å². The van der Waals surface area contributed by atoms with Crippen LogP contribution in [0.2, 0.25) is 0 Å². The Bertz CT molecular complexity index is 195. The third-order valence-corrected chi connectivity index (χ3v) is 2.26. The van der Waals surface area contributed by atoms with E-state index in [0.717, 1.165) is 19.5 Å². The lowest BCUT2D eigenvalue weighted by atomic mass is 9.91. The van der Waals surface area contributed by atoms with Crippen LogP contribution in [0.5, 0.6) is 0 Å². The van der Waals surface area contributed by atoms with Crippen LogP contribution in [0.15, 0.2) is 0 Å². The second-order valence-electron chi connectivity index (χ2n) is 5.08. The molecule has 0 amide bonds. The summed E-state index contributed by atoms with van der Waals surface area (Å²) in [6.45, 7) is 9.02. The molecular formula is C12H21N. The highest BCUT2D eigenvalue weighted by Crippen LogP contribution is 2.17. The molecular weight excluding hydrogens is 158 g/mol. The van der Waals surface area contributed by atoms with Crippen molar-refractivity contribution < 1.29 is 0 Å². The van der Waals surface area contributed by atoms with E-state index in [1.54, 1.807) is 0 Å². The Morgan fingerprint density at radius 3 is 2.38 bits per heavy atom. The average Bonchev–Trinajstić information content (AvgIpc) is 2.04. The Kier molecular flexibility index (Phi) is 3.81. The maximum absolute atomic E-state index is 3.39. The monoisotopic (exact) mass is 179 g/mol. The third-order valence-electron chi connectivity index (χ3n) is 2.26. The fourth-order valence-electron chi connectivity index (χ4n) is 1.43. The van der Waals surface area contributed by atoms with Crippen molar-refractivity contribution in [1.29, 1.82) is 0 Å². The molecule has 0 spiro atoms. The Morgan fingerprint density at radius 1 is 1.23 bits per heavy atom. The van der Waals surface area contributed by atoms with Crippen LogP contribution < -0.4 is 5.32 Å². The fraction of sp³-hybridized carbons (Fsp3) is 0.833. The van der Waals surface area contributed by atoms with Gasteiger partial charge >= 0.3 is 0 Å². The lowest BCUT2D eigenvalue weighted by molar-refractivity contribution is 0.424. The van der Waals surface area contributed by atoms with Crippen molar-refractivity contribution in [1.82, 2.24) is 5.32 Å². The first-order valence-corrected chi connectivity index (χ1v) is 5.27. The van der Waals surface area contributed by atoms with Gasteiger partial charge in [-0.25, -0.2) is 0 Å². The van der Waals surface area contributed by atoms with Gasteiger partial charge < -0.3 is 5.32 Å². The van der Waals surface area contributed by atoms with Crippen molar-refractivity contribution >= 4 is 0 Å². The predicted octanol–water partition coefficient (Wildman–Crippen LogP) is 2.43. The molecule has 0 bridgehead atoms. The normalized spacial score (nSPS) is 19.3. The summed E-state index contributed by atoms with van der Waals surface area (Å²) < 4.78 is 0. The SMILES string of the molecule is CC(C)(C)CC#CC1CCNCC1. The van der Waals surface area contributed by atoms with E-state index in [2.05, 4.69) is 37.9 Å². The highest BCUT2D eigenvalue weighted by molar-refractivity contribution is 5.06. The fourth-order valence-corrected chi connectivity index (χ4v) is 1.43. The molecule has 1 nitrogen and oxygen atoms in total. The first-order chi connectivity index (χ1) is 6.08. The molecule has 1 heteroatoms. The molecule has 0 radical (unpaired) electrons. The van der Waals surface area contributed by atoms with Crippen molar-refractivity contribution in [2.45, 2.75) is 40.0 Å². The maximum atomic E-state index is 3.39. The lowest BCUT2D eigenvalue weighted by Crippen LogP contribution is -2.26. The van der Waals surface area contributed by atoms with Crippen molar-refractivity contribution in [3.8, 4) is 11.8 Å². The largest absolute Gasteiger partial charge is 0.317 e. The zero-order valence-electron chi connectivity index (χ0n) is 9.11. The van der Waals surface area contributed by atoms with Crippen LogP contribution in [-0.4, -0.2) is 13.1 Å². The summed E-state index contributed by atoms with van der Waals surface area (Å²) in [4.78, 5) is 0. The quantitative estimate of drug-likeness (QED) is 0.563. The van der Waals surface area contributed by atoms with Crippen LogP contribution in [0, 0.1) is 23.2 Å². The van der Waals surface area contributed by atoms with Crippen molar-refractivity contribution in [3.63, 3.8) is 0 Å². The van der Waals surface area contributed by atoms with Gasteiger partial charge in [0.15, 0.2) is 0 Å². The summed E-state index contributed by atoms with van der Waals surface area (Å²) in [5.41, 5.74) is 0.361. The molecule has 1 aliphatic heterocycles. The Labute approximate surface area is 82.3 Å². The molecule has 0 saturated carbocycles. The van der Waals surface area contributed by atoms with E-state index >= 15 is 0 Å². The third kappa shape index (κ3) is 4.95. The minimum atomic E-state index is 0.361. The molecule has 1 aliphatic rings. The molecule has 13 heavy (non-hydrogen) atoms. The number of rotatable bonds is 0. The van der Waals surface area contributed by atoms with Crippen molar-refractivity contribution in [3.05, 3.63) is 0 Å². The van der Waals surface area contributed by atoms with Crippen LogP contribution in [-0.2, 0) is 0 Å². The van der Waals surface area contributed by atoms with Gasteiger partial charge in [0, 0.05) is 12.3 Å². The summed E-state index contributed by atoms with van der Waals surface area (Å²) in [7, 11) is 0. The van der Waals surface area contributed by atoms with E-state index in [4.69, 9.17) is 0 Å². The highest BCUT2D eigenvalue weighted by atomic mass is 14.9. The number of hydrogen-bond donors (Lipinski definition) is 1. The van der Waals surface area contributed by atoms with E-state index in [-0.39, 0.29) is 0 Å². The molecule has 1 heterocycles. The van der Waals surface area contributed by atoms with Gasteiger partial charge in [0.05, 0.1) is 0 Å². The summed E-state index contributed by atoms with van der Waals surface area (Å²) in [5, 5.41) is 3.35. The first-order valence-electron chi connectivity index (χ1n) is 5.27. The summed E-state index contributed by atoms with van der Waals surface area (Å²) >= 11 is 0. The molecule has 0 aliphatic carbocycles. The Morgan fingerprint density at radius 2 is 1.85 bits per heavy atom. The average molecular weight is 179 g/mol. The summed E-state index contributed by atoms with van der Waals surface area (Å²) in [5.74, 6) is 7.36. The van der Waals surface area contributed by atoms with E-state index in [0.29, 0.717) is 11.3 Å². The highest BCUT2D eigenvalue weighted by Gasteiger charge is 2.10.